The molecule has 0 unspecified atom stereocenters. The minimum Gasteiger partial charge on any atom is -0.413 e. The Morgan fingerprint density at radius 2 is 0.590 bits per heavy atom. The molecule has 0 amide bonds. The molecule has 0 bridgehead atoms. The molecular formula is C36H70BO2. The van der Waals surface area contributed by atoms with Crippen LogP contribution in [0.4, 0.5) is 0 Å². The van der Waals surface area contributed by atoms with Gasteiger partial charge in [-0.25, -0.2) is 0 Å². The Morgan fingerprint density at radius 1 is 0.333 bits per heavy atom. The quantitative estimate of drug-likeness (QED) is 0.0455. The van der Waals surface area contributed by atoms with Crippen LogP contribution in [-0.4, -0.2) is 20.9 Å². The monoisotopic (exact) mass is 546 g/mol. The summed E-state index contributed by atoms with van der Waals surface area (Å²) in [7, 11) is 1.58. The van der Waals surface area contributed by atoms with E-state index in [0.29, 0.717) is 0 Å². The molecule has 0 rings (SSSR count). The Kier molecular flexibility index (Phi) is 37.0. The van der Waals surface area contributed by atoms with Gasteiger partial charge in [-0.1, -0.05) is 154 Å². The fourth-order valence-corrected chi connectivity index (χ4v) is 5.01. The molecule has 0 aliphatic rings. The number of hydrogen-bond acceptors (Lipinski definition) is 2. The second kappa shape index (κ2) is 37.5. The molecule has 0 aliphatic heterocycles. The van der Waals surface area contributed by atoms with Crippen LogP contribution in [0.1, 0.15) is 194 Å². The molecule has 1 radical (unpaired) electrons. The van der Waals surface area contributed by atoms with E-state index >= 15 is 0 Å². The van der Waals surface area contributed by atoms with Crippen LogP contribution in [0.25, 0.3) is 0 Å². The zero-order valence-corrected chi connectivity index (χ0v) is 26.9. The van der Waals surface area contributed by atoms with Gasteiger partial charge in [0.25, 0.3) is 0 Å². The molecule has 0 aliphatic carbocycles. The molecule has 0 saturated carbocycles. The Morgan fingerprint density at radius 3 is 0.897 bits per heavy atom. The molecule has 0 spiro atoms. The maximum absolute atomic E-state index is 5.52. The first-order valence-corrected chi connectivity index (χ1v) is 17.8. The summed E-state index contributed by atoms with van der Waals surface area (Å²) in [6.07, 6.45) is 47.2. The smallest absolute Gasteiger partial charge is 0.413 e. The normalized spacial score (nSPS) is 11.8. The van der Waals surface area contributed by atoms with E-state index in [9.17, 15) is 0 Å². The zero-order valence-electron chi connectivity index (χ0n) is 26.9. The first-order chi connectivity index (χ1) is 19.4. The highest BCUT2D eigenvalue weighted by Gasteiger charge is 1.97. The van der Waals surface area contributed by atoms with Gasteiger partial charge in [-0.05, 0) is 64.2 Å². The molecule has 0 saturated heterocycles. The fourth-order valence-electron chi connectivity index (χ4n) is 5.01. The Hall–Kier alpha value is -0.535. The lowest BCUT2D eigenvalue weighted by Crippen LogP contribution is -2.07. The second-order valence-electron chi connectivity index (χ2n) is 11.7. The van der Waals surface area contributed by atoms with E-state index in [4.69, 9.17) is 9.31 Å². The zero-order chi connectivity index (χ0) is 28.2. The van der Waals surface area contributed by atoms with E-state index in [1.165, 1.54) is 167 Å². The van der Waals surface area contributed by atoms with Crippen molar-refractivity contribution in [2.45, 2.75) is 194 Å². The lowest BCUT2D eigenvalue weighted by atomic mass is 10.1. The molecule has 0 aromatic heterocycles. The summed E-state index contributed by atoms with van der Waals surface area (Å²) in [4.78, 5) is 0. The largest absolute Gasteiger partial charge is 0.487 e. The van der Waals surface area contributed by atoms with E-state index in [1.807, 2.05) is 0 Å². The maximum atomic E-state index is 5.52. The van der Waals surface area contributed by atoms with Gasteiger partial charge in [0.2, 0.25) is 0 Å². The van der Waals surface area contributed by atoms with Crippen LogP contribution in [-0.2, 0) is 9.31 Å². The van der Waals surface area contributed by atoms with Gasteiger partial charge in [-0.2, -0.15) is 0 Å². The minimum atomic E-state index is 0.800. The molecule has 0 atom stereocenters. The average molecular weight is 546 g/mol. The van der Waals surface area contributed by atoms with Crippen LogP contribution < -0.4 is 0 Å². The van der Waals surface area contributed by atoms with Crippen LogP contribution in [0.15, 0.2) is 24.3 Å². The van der Waals surface area contributed by atoms with Gasteiger partial charge in [-0.15, -0.1) is 0 Å². The molecule has 0 N–H and O–H groups in total. The summed E-state index contributed by atoms with van der Waals surface area (Å²) in [5.74, 6) is 0. The van der Waals surface area contributed by atoms with Gasteiger partial charge in [0, 0.05) is 13.2 Å². The fraction of sp³-hybridized carbons (Fsp3) is 0.889. The summed E-state index contributed by atoms with van der Waals surface area (Å²) < 4.78 is 11.0. The lowest BCUT2D eigenvalue weighted by Gasteiger charge is -2.05. The van der Waals surface area contributed by atoms with Crippen LogP contribution in [0.3, 0.4) is 0 Å². The van der Waals surface area contributed by atoms with Gasteiger partial charge >= 0.3 is 7.69 Å². The molecule has 39 heavy (non-hydrogen) atoms. The highest BCUT2D eigenvalue weighted by molar-refractivity contribution is 6.17. The second-order valence-corrected chi connectivity index (χ2v) is 11.7. The van der Waals surface area contributed by atoms with Crippen LogP contribution in [0.5, 0.6) is 0 Å². The molecule has 0 aromatic carbocycles. The third kappa shape index (κ3) is 37.5. The average Bonchev–Trinajstić information content (AvgIpc) is 2.95. The standard InChI is InChI=1S/C36H70BO2/c1-3-5-7-9-11-13-15-17-19-21-23-25-27-29-31-33-35-38-37-39-36-34-32-30-28-26-24-22-20-18-16-14-12-10-8-6-4-2/h17-20H,3-16,21-36H2,1-2H3/b19-17-,20-18-. The molecular weight excluding hydrogens is 475 g/mol. The van der Waals surface area contributed by atoms with Gasteiger partial charge in [0.1, 0.15) is 0 Å². The van der Waals surface area contributed by atoms with Crippen molar-refractivity contribution in [3.8, 4) is 0 Å². The van der Waals surface area contributed by atoms with Gasteiger partial charge in [0.15, 0.2) is 0 Å². The SMILES string of the molecule is CCCCCCCC/C=C\CCCCCCCCO[B]OCCCCCCCC/C=C\CCCCCCCC. The van der Waals surface area contributed by atoms with Crippen molar-refractivity contribution in [3.63, 3.8) is 0 Å². The van der Waals surface area contributed by atoms with E-state index in [1.54, 1.807) is 7.69 Å². The highest BCUT2D eigenvalue weighted by Crippen LogP contribution is 2.11. The first-order valence-electron chi connectivity index (χ1n) is 17.8. The number of hydrogen-bond donors (Lipinski definition) is 0. The van der Waals surface area contributed by atoms with E-state index in [2.05, 4.69) is 38.2 Å². The Balaban J connectivity index is 3.09. The lowest BCUT2D eigenvalue weighted by molar-refractivity contribution is 0.213. The summed E-state index contributed by atoms with van der Waals surface area (Å²) >= 11 is 0. The highest BCUT2D eigenvalue weighted by atomic mass is 16.6. The molecule has 3 heteroatoms. The van der Waals surface area contributed by atoms with Gasteiger partial charge < -0.3 is 9.31 Å². The number of allylic oxidation sites excluding steroid dienone is 4. The summed E-state index contributed by atoms with van der Waals surface area (Å²) in [6.45, 7) is 6.17. The van der Waals surface area contributed by atoms with Crippen molar-refractivity contribution in [1.82, 2.24) is 0 Å². The van der Waals surface area contributed by atoms with Crippen LogP contribution in [0.2, 0.25) is 0 Å². The third-order valence-electron chi connectivity index (χ3n) is 7.68. The topological polar surface area (TPSA) is 18.5 Å². The van der Waals surface area contributed by atoms with E-state index in [0.717, 1.165) is 26.1 Å². The Bertz CT molecular complexity index is 435. The minimum absolute atomic E-state index is 0.800. The first kappa shape index (κ1) is 38.5. The molecule has 0 fully saturated rings. The summed E-state index contributed by atoms with van der Waals surface area (Å²) in [5, 5.41) is 0. The maximum Gasteiger partial charge on any atom is 0.487 e. The van der Waals surface area contributed by atoms with Gasteiger partial charge in [0.05, 0.1) is 0 Å². The van der Waals surface area contributed by atoms with Gasteiger partial charge in [-0.3, -0.25) is 0 Å². The Labute approximate surface area is 247 Å². The predicted molar refractivity (Wildman–Crippen MR) is 177 cm³/mol. The van der Waals surface area contributed by atoms with Crippen LogP contribution in [0, 0.1) is 0 Å². The molecule has 2 nitrogen and oxygen atoms in total. The van der Waals surface area contributed by atoms with E-state index in [-0.39, 0.29) is 0 Å². The third-order valence-corrected chi connectivity index (χ3v) is 7.68. The van der Waals surface area contributed by atoms with Crippen molar-refractivity contribution in [3.05, 3.63) is 24.3 Å². The van der Waals surface area contributed by atoms with Crippen molar-refractivity contribution in [2.24, 2.45) is 0 Å². The summed E-state index contributed by atoms with van der Waals surface area (Å²) in [5.41, 5.74) is 0. The molecule has 0 heterocycles. The van der Waals surface area contributed by atoms with E-state index < -0.39 is 0 Å². The molecule has 0 aromatic rings. The van der Waals surface area contributed by atoms with Crippen molar-refractivity contribution < 1.29 is 9.31 Å². The van der Waals surface area contributed by atoms with Crippen molar-refractivity contribution >= 4 is 7.69 Å². The number of unbranched alkanes of at least 4 members (excludes halogenated alkanes) is 24. The van der Waals surface area contributed by atoms with Crippen molar-refractivity contribution in [2.75, 3.05) is 13.2 Å². The summed E-state index contributed by atoms with van der Waals surface area (Å²) in [6, 6.07) is 0. The predicted octanol–water partition coefficient (Wildman–Crippen LogP) is 12.6. The molecule has 229 valence electrons. The van der Waals surface area contributed by atoms with Crippen molar-refractivity contribution in [1.29, 1.82) is 0 Å². The number of rotatable bonds is 34. The van der Waals surface area contributed by atoms with Crippen LogP contribution >= 0.6 is 0 Å².